The van der Waals surface area contributed by atoms with Gasteiger partial charge < -0.3 is 19.6 Å². The van der Waals surface area contributed by atoms with Gasteiger partial charge in [0.2, 0.25) is 0 Å². The minimum Gasteiger partial charge on any atom is -0.489 e. The van der Waals surface area contributed by atoms with Gasteiger partial charge in [0, 0.05) is 31.7 Å². The third-order valence-corrected chi connectivity index (χ3v) is 5.77. The van der Waals surface area contributed by atoms with Crippen molar-refractivity contribution in [2.24, 2.45) is 0 Å². The molecule has 3 rings (SSSR count). The zero-order valence-corrected chi connectivity index (χ0v) is 16.6. The third kappa shape index (κ3) is 4.71. The highest BCUT2D eigenvalue weighted by Crippen LogP contribution is 2.36. The number of aliphatic hydroxyl groups is 1. The number of non-ortho nitro benzene ring substituents is 1. The lowest BCUT2D eigenvalue weighted by molar-refractivity contribution is -0.384. The number of anilines is 1. The first kappa shape index (κ1) is 19.9. The van der Waals surface area contributed by atoms with Crippen molar-refractivity contribution >= 4 is 11.4 Å². The normalized spacial score (nSPS) is 20.0. The second kappa shape index (κ2) is 8.02. The Hall–Kier alpha value is -1.86. The van der Waals surface area contributed by atoms with Gasteiger partial charge >= 0.3 is 0 Å². The molecular weight excluding hydrogens is 346 g/mol. The molecule has 7 heteroatoms. The van der Waals surface area contributed by atoms with Crippen molar-refractivity contribution in [3.8, 4) is 5.75 Å². The zero-order valence-electron chi connectivity index (χ0n) is 16.6. The molecule has 0 radical (unpaired) electrons. The van der Waals surface area contributed by atoms with E-state index in [0.29, 0.717) is 11.8 Å². The third-order valence-electron chi connectivity index (χ3n) is 5.77. The molecule has 1 aliphatic carbocycles. The highest BCUT2D eigenvalue weighted by Gasteiger charge is 2.37. The van der Waals surface area contributed by atoms with E-state index >= 15 is 0 Å². The van der Waals surface area contributed by atoms with Crippen LogP contribution in [0.2, 0.25) is 0 Å². The van der Waals surface area contributed by atoms with E-state index < -0.39 is 5.60 Å². The van der Waals surface area contributed by atoms with Crippen molar-refractivity contribution in [3.05, 3.63) is 28.3 Å². The number of hydrogen-bond donors (Lipinski definition) is 1. The number of nitro benzene ring substituents is 1. The quantitative estimate of drug-likeness (QED) is 0.581. The van der Waals surface area contributed by atoms with Crippen LogP contribution in [0.1, 0.15) is 46.0 Å². The van der Waals surface area contributed by atoms with Gasteiger partial charge in [-0.3, -0.25) is 10.1 Å². The minimum absolute atomic E-state index is 0.0438. The Morgan fingerprint density at radius 2 is 2.04 bits per heavy atom. The van der Waals surface area contributed by atoms with Crippen molar-refractivity contribution in [2.75, 3.05) is 31.6 Å². The number of hydrogen-bond acceptors (Lipinski definition) is 6. The highest BCUT2D eigenvalue weighted by molar-refractivity contribution is 5.62. The second-order valence-corrected chi connectivity index (χ2v) is 8.29. The number of benzene rings is 1. The zero-order chi connectivity index (χ0) is 19.6. The van der Waals surface area contributed by atoms with Crippen LogP contribution in [-0.4, -0.2) is 59.4 Å². The molecule has 1 N–H and O–H groups in total. The second-order valence-electron chi connectivity index (χ2n) is 8.29. The first-order valence-corrected chi connectivity index (χ1v) is 9.90. The van der Waals surface area contributed by atoms with Gasteiger partial charge in [0.1, 0.15) is 5.75 Å². The summed E-state index contributed by atoms with van der Waals surface area (Å²) < 4.78 is 5.86. The lowest BCUT2D eigenvalue weighted by Crippen LogP contribution is -2.52. The Balaban J connectivity index is 1.65. The molecule has 7 nitrogen and oxygen atoms in total. The van der Waals surface area contributed by atoms with Crippen LogP contribution < -0.4 is 9.64 Å². The lowest BCUT2D eigenvalue weighted by atomic mass is 9.79. The van der Waals surface area contributed by atoms with E-state index in [9.17, 15) is 15.2 Å². The summed E-state index contributed by atoms with van der Waals surface area (Å²) in [5, 5.41) is 21.5. The first-order valence-electron chi connectivity index (χ1n) is 9.90. The van der Waals surface area contributed by atoms with E-state index in [0.717, 1.165) is 57.4 Å². The first-order chi connectivity index (χ1) is 12.8. The van der Waals surface area contributed by atoms with Crippen LogP contribution in [-0.2, 0) is 0 Å². The molecule has 0 amide bonds. The van der Waals surface area contributed by atoms with Crippen molar-refractivity contribution in [2.45, 2.75) is 63.7 Å². The van der Waals surface area contributed by atoms with Crippen LogP contribution in [0.4, 0.5) is 11.4 Å². The molecule has 1 aliphatic heterocycles. The molecule has 2 fully saturated rings. The average Bonchev–Trinajstić information content (AvgIpc) is 2.60. The molecule has 27 heavy (non-hydrogen) atoms. The molecule has 0 unspecified atom stereocenters. The summed E-state index contributed by atoms with van der Waals surface area (Å²) >= 11 is 0. The maximum Gasteiger partial charge on any atom is 0.273 e. The van der Waals surface area contributed by atoms with Gasteiger partial charge in [-0.15, -0.1) is 0 Å². The molecule has 0 aromatic heterocycles. The molecular formula is C20H31N3O4. The SMILES string of the molecule is CC(C)Oc1cc([N+](=O)[O-])ccc1N1CCC(N(C)CC2(O)CCC2)CC1. The van der Waals surface area contributed by atoms with Crippen LogP contribution in [0, 0.1) is 10.1 Å². The molecule has 0 atom stereocenters. The molecule has 1 aromatic carbocycles. The maximum atomic E-state index is 11.1. The summed E-state index contributed by atoms with van der Waals surface area (Å²) in [6.45, 7) is 6.35. The Morgan fingerprint density at radius 3 is 2.56 bits per heavy atom. The molecule has 1 saturated carbocycles. The van der Waals surface area contributed by atoms with Crippen molar-refractivity contribution in [1.82, 2.24) is 4.90 Å². The van der Waals surface area contributed by atoms with E-state index in [2.05, 4.69) is 16.8 Å². The fraction of sp³-hybridized carbons (Fsp3) is 0.700. The number of rotatable bonds is 7. The molecule has 1 heterocycles. The maximum absolute atomic E-state index is 11.1. The largest absolute Gasteiger partial charge is 0.489 e. The smallest absolute Gasteiger partial charge is 0.273 e. The van der Waals surface area contributed by atoms with E-state index in [-0.39, 0.29) is 16.7 Å². The number of ether oxygens (including phenoxy) is 1. The molecule has 0 spiro atoms. The Morgan fingerprint density at radius 1 is 1.37 bits per heavy atom. The fourth-order valence-corrected chi connectivity index (χ4v) is 4.11. The molecule has 2 aliphatic rings. The summed E-state index contributed by atoms with van der Waals surface area (Å²) in [7, 11) is 2.11. The lowest BCUT2D eigenvalue weighted by Gasteiger charge is -2.44. The Kier molecular flexibility index (Phi) is 5.91. The summed E-state index contributed by atoms with van der Waals surface area (Å²) in [6, 6.07) is 5.34. The van der Waals surface area contributed by atoms with Crippen LogP contribution in [0.3, 0.4) is 0 Å². The number of nitro groups is 1. The Labute approximate surface area is 161 Å². The monoisotopic (exact) mass is 377 g/mol. The van der Waals surface area contributed by atoms with Gasteiger partial charge in [-0.2, -0.15) is 0 Å². The molecule has 1 aromatic rings. The van der Waals surface area contributed by atoms with Gasteiger partial charge in [-0.25, -0.2) is 0 Å². The van der Waals surface area contributed by atoms with Crippen molar-refractivity contribution < 1.29 is 14.8 Å². The fourth-order valence-electron chi connectivity index (χ4n) is 4.11. The van der Waals surface area contributed by atoms with Crippen LogP contribution in [0.5, 0.6) is 5.75 Å². The highest BCUT2D eigenvalue weighted by atomic mass is 16.6. The predicted molar refractivity (Wildman–Crippen MR) is 106 cm³/mol. The number of likely N-dealkylation sites (N-methyl/N-ethyl adjacent to an activating group) is 1. The predicted octanol–water partition coefficient (Wildman–Crippen LogP) is 3.20. The van der Waals surface area contributed by atoms with Crippen LogP contribution >= 0.6 is 0 Å². The molecule has 150 valence electrons. The summed E-state index contributed by atoms with van der Waals surface area (Å²) in [5.41, 5.74) is 0.494. The summed E-state index contributed by atoms with van der Waals surface area (Å²) in [6.07, 6.45) is 4.92. The Bertz CT molecular complexity index is 667. The van der Waals surface area contributed by atoms with Crippen molar-refractivity contribution in [1.29, 1.82) is 0 Å². The van der Waals surface area contributed by atoms with Crippen molar-refractivity contribution in [3.63, 3.8) is 0 Å². The van der Waals surface area contributed by atoms with E-state index in [4.69, 9.17) is 4.74 Å². The van der Waals surface area contributed by atoms with Gasteiger partial charge in [0.05, 0.1) is 28.4 Å². The van der Waals surface area contributed by atoms with Crippen LogP contribution in [0.15, 0.2) is 18.2 Å². The average molecular weight is 377 g/mol. The van der Waals surface area contributed by atoms with Gasteiger partial charge in [-0.05, 0) is 59.1 Å². The van der Waals surface area contributed by atoms with Gasteiger partial charge in [0.25, 0.3) is 5.69 Å². The summed E-state index contributed by atoms with van der Waals surface area (Å²) in [4.78, 5) is 15.3. The van der Waals surface area contributed by atoms with E-state index in [1.165, 1.54) is 6.07 Å². The van der Waals surface area contributed by atoms with E-state index in [1.807, 2.05) is 13.8 Å². The topological polar surface area (TPSA) is 79.1 Å². The van der Waals surface area contributed by atoms with E-state index in [1.54, 1.807) is 12.1 Å². The van der Waals surface area contributed by atoms with Gasteiger partial charge in [-0.1, -0.05) is 0 Å². The summed E-state index contributed by atoms with van der Waals surface area (Å²) in [5.74, 6) is 0.579. The van der Waals surface area contributed by atoms with Gasteiger partial charge in [0.15, 0.2) is 0 Å². The molecule has 0 bridgehead atoms. The number of nitrogens with zero attached hydrogens (tertiary/aromatic N) is 3. The molecule has 1 saturated heterocycles. The standard InChI is InChI=1S/C20H31N3O4/c1-15(2)27-19-13-17(23(25)26)5-6-18(19)22-11-7-16(8-12-22)21(3)14-20(24)9-4-10-20/h5-6,13,15-16,24H,4,7-12,14H2,1-3H3. The van der Waals surface area contributed by atoms with Crippen LogP contribution in [0.25, 0.3) is 0 Å². The number of piperidine rings is 1. The minimum atomic E-state index is -0.484.